The second-order valence-corrected chi connectivity index (χ2v) is 6.52. The molecule has 1 aliphatic heterocycles. The van der Waals surface area contributed by atoms with Crippen LogP contribution in [0, 0.1) is 0 Å². The Morgan fingerprint density at radius 1 is 1.20 bits per heavy atom. The van der Waals surface area contributed by atoms with E-state index in [2.05, 4.69) is 5.10 Å². The summed E-state index contributed by atoms with van der Waals surface area (Å²) in [6, 6.07) is 12.7. The van der Waals surface area contributed by atoms with Crippen molar-refractivity contribution >= 4 is 15.7 Å². The summed E-state index contributed by atoms with van der Waals surface area (Å²) in [6.45, 7) is 0. The highest BCUT2D eigenvalue weighted by atomic mass is 32.2. The van der Waals surface area contributed by atoms with Crippen LogP contribution in [0.25, 0.3) is 0 Å². The van der Waals surface area contributed by atoms with E-state index in [1.807, 2.05) is 30.3 Å². The second kappa shape index (κ2) is 4.79. The van der Waals surface area contributed by atoms with Crippen LogP contribution in [0.3, 0.4) is 0 Å². The van der Waals surface area contributed by atoms with E-state index < -0.39 is 16.1 Å². The Balaban J connectivity index is 2.00. The molecule has 0 radical (unpaired) electrons. The van der Waals surface area contributed by atoms with Crippen LogP contribution in [-0.4, -0.2) is 24.8 Å². The van der Waals surface area contributed by atoms with Gasteiger partial charge in [-0.15, -0.1) is 0 Å². The molecule has 2 heterocycles. The Hall–Kier alpha value is -2.08. The molecule has 0 bridgehead atoms. The zero-order chi connectivity index (χ0) is 14.2. The van der Waals surface area contributed by atoms with Crippen molar-refractivity contribution in [1.29, 1.82) is 0 Å². The lowest BCUT2D eigenvalue weighted by Crippen LogP contribution is -2.25. The van der Waals surface area contributed by atoms with Gasteiger partial charge in [0.25, 0.3) is 0 Å². The SMILES string of the molecule is CS(=O)(=O)N1N=C(c2ccccc2)C[C@H]1c1ccco1. The van der Waals surface area contributed by atoms with Gasteiger partial charge >= 0.3 is 0 Å². The third-order valence-corrected chi connectivity index (χ3v) is 4.21. The fourth-order valence-corrected chi connectivity index (χ4v) is 3.18. The maximum absolute atomic E-state index is 11.9. The molecule has 20 heavy (non-hydrogen) atoms. The van der Waals surface area contributed by atoms with Crippen LogP contribution in [0.5, 0.6) is 0 Å². The van der Waals surface area contributed by atoms with E-state index in [-0.39, 0.29) is 0 Å². The molecule has 1 atom stereocenters. The van der Waals surface area contributed by atoms with Gasteiger partial charge in [-0.1, -0.05) is 30.3 Å². The van der Waals surface area contributed by atoms with Gasteiger partial charge in [0.15, 0.2) is 0 Å². The predicted octanol–water partition coefficient (Wildman–Crippen LogP) is 2.39. The monoisotopic (exact) mass is 290 g/mol. The van der Waals surface area contributed by atoms with E-state index >= 15 is 0 Å². The van der Waals surface area contributed by atoms with Crippen molar-refractivity contribution in [2.45, 2.75) is 12.5 Å². The van der Waals surface area contributed by atoms with Crippen LogP contribution in [-0.2, 0) is 10.0 Å². The highest BCUT2D eigenvalue weighted by Crippen LogP contribution is 2.34. The Morgan fingerprint density at radius 2 is 1.95 bits per heavy atom. The molecule has 0 aliphatic carbocycles. The molecule has 104 valence electrons. The van der Waals surface area contributed by atoms with Crippen LogP contribution < -0.4 is 0 Å². The minimum absolute atomic E-state index is 0.407. The second-order valence-electron chi connectivity index (χ2n) is 4.68. The fourth-order valence-electron chi connectivity index (χ4n) is 2.29. The van der Waals surface area contributed by atoms with Crippen molar-refractivity contribution in [3.8, 4) is 0 Å². The number of nitrogens with zero attached hydrogens (tertiary/aromatic N) is 2. The molecule has 2 aromatic rings. The van der Waals surface area contributed by atoms with E-state index in [0.717, 1.165) is 21.9 Å². The summed E-state index contributed by atoms with van der Waals surface area (Å²) in [5.41, 5.74) is 1.67. The van der Waals surface area contributed by atoms with E-state index in [0.29, 0.717) is 12.2 Å². The summed E-state index contributed by atoms with van der Waals surface area (Å²) in [6.07, 6.45) is 3.20. The summed E-state index contributed by atoms with van der Waals surface area (Å²) in [5.74, 6) is 0.602. The number of benzene rings is 1. The highest BCUT2D eigenvalue weighted by molar-refractivity contribution is 7.88. The zero-order valence-electron chi connectivity index (χ0n) is 10.9. The quantitative estimate of drug-likeness (QED) is 0.872. The third kappa shape index (κ3) is 2.34. The van der Waals surface area contributed by atoms with Gasteiger partial charge in [-0.3, -0.25) is 0 Å². The van der Waals surface area contributed by atoms with Crippen molar-refractivity contribution in [3.05, 3.63) is 60.1 Å². The number of furan rings is 1. The Bertz CT molecular complexity index is 721. The maximum atomic E-state index is 11.9. The first-order valence-electron chi connectivity index (χ1n) is 6.21. The normalized spacial score (nSPS) is 19.1. The molecule has 3 rings (SSSR count). The summed E-state index contributed by atoms with van der Waals surface area (Å²) < 4.78 is 30.3. The average molecular weight is 290 g/mol. The minimum Gasteiger partial charge on any atom is -0.467 e. The van der Waals surface area contributed by atoms with Gasteiger partial charge in [0, 0.05) is 6.42 Å². The molecule has 0 fully saturated rings. The number of rotatable bonds is 3. The van der Waals surface area contributed by atoms with Crippen molar-refractivity contribution in [3.63, 3.8) is 0 Å². The van der Waals surface area contributed by atoms with Crippen LogP contribution >= 0.6 is 0 Å². The number of hydrazone groups is 1. The third-order valence-electron chi connectivity index (χ3n) is 3.19. The summed E-state index contributed by atoms with van der Waals surface area (Å²) >= 11 is 0. The molecule has 0 N–H and O–H groups in total. The highest BCUT2D eigenvalue weighted by Gasteiger charge is 2.35. The van der Waals surface area contributed by atoms with Crippen molar-refractivity contribution < 1.29 is 12.8 Å². The van der Waals surface area contributed by atoms with E-state index in [9.17, 15) is 8.42 Å². The van der Waals surface area contributed by atoms with E-state index in [1.54, 1.807) is 12.1 Å². The molecule has 5 nitrogen and oxygen atoms in total. The van der Waals surface area contributed by atoms with E-state index in [1.165, 1.54) is 6.26 Å². The zero-order valence-corrected chi connectivity index (χ0v) is 11.7. The molecule has 1 aromatic heterocycles. The number of sulfonamides is 1. The maximum Gasteiger partial charge on any atom is 0.247 e. The Kier molecular flexibility index (Phi) is 3.10. The molecule has 0 amide bonds. The average Bonchev–Trinajstić information content (AvgIpc) is 3.08. The summed E-state index contributed by atoms with van der Waals surface area (Å²) in [4.78, 5) is 0. The topological polar surface area (TPSA) is 62.9 Å². The summed E-state index contributed by atoms with van der Waals surface area (Å²) in [7, 11) is -3.43. The van der Waals surface area contributed by atoms with Gasteiger partial charge in [0.1, 0.15) is 11.8 Å². The Labute approximate surface area is 117 Å². The molecule has 1 aromatic carbocycles. The van der Waals surface area contributed by atoms with Gasteiger partial charge in [-0.25, -0.2) is 8.42 Å². The van der Waals surface area contributed by atoms with Gasteiger partial charge < -0.3 is 4.42 Å². The molecule has 0 unspecified atom stereocenters. The molecular formula is C14H14N2O3S. The van der Waals surface area contributed by atoms with Crippen molar-refractivity contribution in [1.82, 2.24) is 4.41 Å². The number of hydrogen-bond acceptors (Lipinski definition) is 4. The van der Waals surface area contributed by atoms with Crippen LogP contribution in [0.4, 0.5) is 0 Å². The molecule has 1 aliphatic rings. The lowest BCUT2D eigenvalue weighted by molar-refractivity contribution is 0.322. The lowest BCUT2D eigenvalue weighted by atomic mass is 10.0. The van der Waals surface area contributed by atoms with Gasteiger partial charge in [-0.2, -0.15) is 9.52 Å². The molecule has 0 saturated heterocycles. The Morgan fingerprint density at radius 3 is 2.55 bits per heavy atom. The standard InChI is InChI=1S/C14H14N2O3S/c1-20(17,18)16-13(14-8-5-9-19-14)10-12(15-16)11-6-3-2-4-7-11/h2-9,13H,10H2,1H3/t13-/m0/s1. The lowest BCUT2D eigenvalue weighted by Gasteiger charge is -2.18. The smallest absolute Gasteiger partial charge is 0.247 e. The molecule has 6 heteroatoms. The van der Waals surface area contributed by atoms with Gasteiger partial charge in [-0.05, 0) is 17.7 Å². The summed E-state index contributed by atoms with van der Waals surface area (Å²) in [5, 5.41) is 4.27. The van der Waals surface area contributed by atoms with Gasteiger partial charge in [0.2, 0.25) is 10.0 Å². The first-order chi connectivity index (χ1) is 9.55. The van der Waals surface area contributed by atoms with Crippen molar-refractivity contribution in [2.24, 2.45) is 5.10 Å². The van der Waals surface area contributed by atoms with Crippen LogP contribution in [0.15, 0.2) is 58.2 Å². The molecule has 0 saturated carbocycles. The van der Waals surface area contributed by atoms with Crippen LogP contribution in [0.2, 0.25) is 0 Å². The fraction of sp³-hybridized carbons (Fsp3) is 0.214. The largest absolute Gasteiger partial charge is 0.467 e. The molecule has 0 spiro atoms. The number of hydrogen-bond donors (Lipinski definition) is 0. The predicted molar refractivity (Wildman–Crippen MR) is 75.7 cm³/mol. The van der Waals surface area contributed by atoms with Crippen LogP contribution in [0.1, 0.15) is 23.8 Å². The van der Waals surface area contributed by atoms with Crippen molar-refractivity contribution in [2.75, 3.05) is 6.26 Å². The van der Waals surface area contributed by atoms with Gasteiger partial charge in [0.05, 0.1) is 18.2 Å². The first kappa shape index (κ1) is 12.9. The first-order valence-corrected chi connectivity index (χ1v) is 8.06. The minimum atomic E-state index is -3.43. The van der Waals surface area contributed by atoms with E-state index in [4.69, 9.17) is 4.42 Å². The molecular weight excluding hydrogens is 276 g/mol.